The fraction of sp³-hybridized carbons (Fsp3) is 0.714. The van der Waals surface area contributed by atoms with Crippen molar-refractivity contribution in [1.29, 1.82) is 0 Å². The van der Waals surface area contributed by atoms with Crippen LogP contribution in [0.4, 0.5) is 0 Å². The standard InChI is InChI=1S/C14H24N4O3S/c1-11(2)9-17-10-15-7-12(17)8-16-14(19)13-5-4-6-18(13)22(3,20)21/h7,10-11,13H,4-6,8-9H2,1-3H3,(H,16,19). The first-order chi connectivity index (χ1) is 10.3. The van der Waals surface area contributed by atoms with Crippen molar-refractivity contribution in [2.75, 3.05) is 12.8 Å². The highest BCUT2D eigenvalue weighted by atomic mass is 32.2. The summed E-state index contributed by atoms with van der Waals surface area (Å²) in [6, 6.07) is -0.587. The van der Waals surface area contributed by atoms with E-state index in [1.54, 1.807) is 12.5 Å². The van der Waals surface area contributed by atoms with Crippen molar-refractivity contribution in [2.45, 2.75) is 45.8 Å². The van der Waals surface area contributed by atoms with Gasteiger partial charge >= 0.3 is 0 Å². The van der Waals surface area contributed by atoms with Crippen molar-refractivity contribution in [2.24, 2.45) is 5.92 Å². The van der Waals surface area contributed by atoms with E-state index in [1.807, 2.05) is 4.57 Å². The molecule has 124 valence electrons. The molecule has 1 aromatic heterocycles. The number of nitrogens with zero attached hydrogens (tertiary/aromatic N) is 3. The van der Waals surface area contributed by atoms with E-state index in [-0.39, 0.29) is 5.91 Å². The van der Waals surface area contributed by atoms with E-state index < -0.39 is 16.1 Å². The molecule has 0 saturated carbocycles. The second-order valence-electron chi connectivity index (χ2n) is 6.18. The normalized spacial score (nSPS) is 19.7. The zero-order valence-corrected chi connectivity index (χ0v) is 14.1. The van der Waals surface area contributed by atoms with Crippen LogP contribution in [0.25, 0.3) is 0 Å². The Morgan fingerprint density at radius 3 is 2.86 bits per heavy atom. The lowest BCUT2D eigenvalue weighted by Gasteiger charge is -2.21. The van der Waals surface area contributed by atoms with Gasteiger partial charge in [-0.3, -0.25) is 4.79 Å². The Kier molecular flexibility index (Phi) is 5.23. The average molecular weight is 328 g/mol. The van der Waals surface area contributed by atoms with Crippen molar-refractivity contribution < 1.29 is 13.2 Å². The fourth-order valence-electron chi connectivity index (χ4n) is 2.75. The molecule has 1 atom stereocenters. The molecule has 1 fully saturated rings. The molecule has 1 N–H and O–H groups in total. The third kappa shape index (κ3) is 4.07. The summed E-state index contributed by atoms with van der Waals surface area (Å²) in [5, 5.41) is 2.84. The Labute approximate surface area is 131 Å². The first-order valence-electron chi connectivity index (χ1n) is 7.52. The van der Waals surface area contributed by atoms with Crippen LogP contribution in [0, 0.1) is 5.92 Å². The van der Waals surface area contributed by atoms with Gasteiger partial charge in [0, 0.05) is 19.3 Å². The van der Waals surface area contributed by atoms with Crippen LogP contribution < -0.4 is 5.32 Å². The van der Waals surface area contributed by atoms with Crippen LogP contribution in [0.3, 0.4) is 0 Å². The number of sulfonamides is 1. The minimum absolute atomic E-state index is 0.236. The number of carbonyl (C=O) groups is 1. The number of hydrogen-bond acceptors (Lipinski definition) is 4. The van der Waals surface area contributed by atoms with Crippen molar-refractivity contribution in [3.63, 3.8) is 0 Å². The summed E-state index contributed by atoms with van der Waals surface area (Å²) >= 11 is 0. The Bertz CT molecular complexity index is 624. The molecule has 1 aromatic rings. The number of amides is 1. The van der Waals surface area contributed by atoms with Crippen LogP contribution in [0.15, 0.2) is 12.5 Å². The summed E-state index contributed by atoms with van der Waals surface area (Å²) in [7, 11) is -3.34. The largest absolute Gasteiger partial charge is 0.349 e. The molecule has 1 aliphatic heterocycles. The van der Waals surface area contributed by atoms with Crippen LogP contribution in [0.5, 0.6) is 0 Å². The van der Waals surface area contributed by atoms with E-state index >= 15 is 0 Å². The van der Waals surface area contributed by atoms with Crippen LogP contribution in [0.1, 0.15) is 32.4 Å². The Morgan fingerprint density at radius 2 is 2.23 bits per heavy atom. The number of aromatic nitrogens is 2. The van der Waals surface area contributed by atoms with Crippen LogP contribution in [-0.4, -0.2) is 47.0 Å². The first-order valence-corrected chi connectivity index (χ1v) is 9.37. The van der Waals surface area contributed by atoms with Crippen LogP contribution in [-0.2, 0) is 27.9 Å². The molecule has 2 heterocycles. The fourth-order valence-corrected chi connectivity index (χ4v) is 3.87. The van der Waals surface area contributed by atoms with E-state index in [1.165, 1.54) is 4.31 Å². The van der Waals surface area contributed by atoms with Crippen molar-refractivity contribution in [3.05, 3.63) is 18.2 Å². The summed E-state index contributed by atoms with van der Waals surface area (Å²) in [6.07, 6.45) is 5.92. The van der Waals surface area contributed by atoms with Gasteiger partial charge in [0.25, 0.3) is 0 Å². The number of imidazole rings is 1. The van der Waals surface area contributed by atoms with Gasteiger partial charge in [-0.25, -0.2) is 13.4 Å². The highest BCUT2D eigenvalue weighted by molar-refractivity contribution is 7.88. The molecule has 0 radical (unpaired) electrons. The van der Waals surface area contributed by atoms with Gasteiger partial charge in [-0.1, -0.05) is 13.8 Å². The van der Waals surface area contributed by atoms with Crippen molar-refractivity contribution in [3.8, 4) is 0 Å². The molecular weight excluding hydrogens is 304 g/mol. The molecule has 22 heavy (non-hydrogen) atoms. The maximum atomic E-state index is 12.3. The SMILES string of the molecule is CC(C)Cn1cncc1CNC(=O)C1CCCN1S(C)(=O)=O. The predicted octanol–water partition coefficient (Wildman–Crippen LogP) is 0.579. The Balaban J connectivity index is 1.97. The molecule has 0 spiro atoms. The zero-order valence-electron chi connectivity index (χ0n) is 13.3. The first kappa shape index (κ1) is 17.0. The predicted molar refractivity (Wildman–Crippen MR) is 83.5 cm³/mol. The maximum absolute atomic E-state index is 12.3. The molecule has 0 bridgehead atoms. The maximum Gasteiger partial charge on any atom is 0.238 e. The lowest BCUT2D eigenvalue weighted by Crippen LogP contribution is -2.45. The van der Waals surface area contributed by atoms with Gasteiger partial charge in [-0.05, 0) is 18.8 Å². The number of rotatable bonds is 6. The topological polar surface area (TPSA) is 84.3 Å². The molecule has 7 nitrogen and oxygen atoms in total. The van der Waals surface area contributed by atoms with Crippen LogP contribution >= 0.6 is 0 Å². The van der Waals surface area contributed by atoms with Gasteiger partial charge < -0.3 is 9.88 Å². The lowest BCUT2D eigenvalue weighted by atomic mass is 10.2. The van der Waals surface area contributed by atoms with Crippen LogP contribution in [0.2, 0.25) is 0 Å². The third-order valence-electron chi connectivity index (χ3n) is 3.74. The van der Waals surface area contributed by atoms with Gasteiger partial charge in [0.15, 0.2) is 0 Å². The molecule has 1 amide bonds. The molecule has 1 unspecified atom stereocenters. The smallest absolute Gasteiger partial charge is 0.238 e. The summed E-state index contributed by atoms with van der Waals surface area (Å²) in [6.45, 7) is 5.85. The molecule has 0 aliphatic carbocycles. The number of carbonyl (C=O) groups excluding carboxylic acids is 1. The highest BCUT2D eigenvalue weighted by Crippen LogP contribution is 2.20. The molecule has 0 aromatic carbocycles. The summed E-state index contributed by atoms with van der Waals surface area (Å²) < 4.78 is 26.7. The Morgan fingerprint density at radius 1 is 1.50 bits per heavy atom. The summed E-state index contributed by atoms with van der Waals surface area (Å²) in [5.74, 6) is 0.249. The van der Waals surface area contributed by atoms with Crippen molar-refractivity contribution in [1.82, 2.24) is 19.2 Å². The second-order valence-corrected chi connectivity index (χ2v) is 8.12. The van der Waals surface area contributed by atoms with Crippen molar-refractivity contribution >= 4 is 15.9 Å². The molecule has 2 rings (SSSR count). The number of hydrogen-bond donors (Lipinski definition) is 1. The molecule has 8 heteroatoms. The van der Waals surface area contributed by atoms with E-state index in [2.05, 4.69) is 24.1 Å². The highest BCUT2D eigenvalue weighted by Gasteiger charge is 2.36. The average Bonchev–Trinajstić information content (AvgIpc) is 3.03. The monoisotopic (exact) mass is 328 g/mol. The van der Waals surface area contributed by atoms with E-state index in [0.29, 0.717) is 25.4 Å². The van der Waals surface area contributed by atoms with Gasteiger partial charge in [0.2, 0.25) is 15.9 Å². The van der Waals surface area contributed by atoms with E-state index in [0.717, 1.165) is 24.9 Å². The second kappa shape index (κ2) is 6.78. The van der Waals surface area contributed by atoms with Gasteiger partial charge in [0.1, 0.15) is 6.04 Å². The molecule has 1 saturated heterocycles. The number of nitrogens with one attached hydrogen (secondary N) is 1. The minimum atomic E-state index is -3.34. The van der Waals surface area contributed by atoms with Gasteiger partial charge in [0.05, 0.1) is 24.8 Å². The minimum Gasteiger partial charge on any atom is -0.349 e. The molecule has 1 aliphatic rings. The summed E-state index contributed by atoms with van der Waals surface area (Å²) in [5.41, 5.74) is 0.922. The Hall–Kier alpha value is -1.41. The lowest BCUT2D eigenvalue weighted by molar-refractivity contribution is -0.124. The zero-order chi connectivity index (χ0) is 16.3. The van der Waals surface area contributed by atoms with Gasteiger partial charge in [-0.2, -0.15) is 4.31 Å². The summed E-state index contributed by atoms with van der Waals surface area (Å²) in [4.78, 5) is 16.4. The van der Waals surface area contributed by atoms with E-state index in [4.69, 9.17) is 0 Å². The third-order valence-corrected chi connectivity index (χ3v) is 5.03. The quantitative estimate of drug-likeness (QED) is 0.828. The molecular formula is C14H24N4O3S. The van der Waals surface area contributed by atoms with E-state index in [9.17, 15) is 13.2 Å². The van der Waals surface area contributed by atoms with Gasteiger partial charge in [-0.15, -0.1) is 0 Å².